The molecule has 0 fully saturated rings. The number of carbonyl (C=O) groups excluding carboxylic acids is 1. The standard InChI is InChI=1S/C16H14ClN9O3S/c17-12-11-4-1-2-7-25(11)23-14(12)26-13(10(8-18)9-21-26)22-15(27)24-30(28,29)16-19-5-3-6-20-16/h3,5-6,9H,1-2,4,7H2,(H2,22,24,27). The lowest BCUT2D eigenvalue weighted by Crippen LogP contribution is -2.36. The van der Waals surface area contributed by atoms with Crippen LogP contribution < -0.4 is 10.0 Å². The Morgan fingerprint density at radius 2 is 2.03 bits per heavy atom. The number of aryl methyl sites for hydroxylation is 1. The number of amides is 2. The zero-order valence-electron chi connectivity index (χ0n) is 15.3. The molecule has 154 valence electrons. The number of carbonyl (C=O) groups is 1. The highest BCUT2D eigenvalue weighted by Crippen LogP contribution is 2.30. The number of nitrogens with one attached hydrogen (secondary N) is 2. The van der Waals surface area contributed by atoms with E-state index in [1.165, 1.54) is 29.3 Å². The second-order valence-corrected chi connectivity index (χ2v) is 8.24. The first-order chi connectivity index (χ1) is 14.4. The summed E-state index contributed by atoms with van der Waals surface area (Å²) in [5.41, 5.74) is 0.840. The van der Waals surface area contributed by atoms with Gasteiger partial charge in [0.1, 0.15) is 16.7 Å². The van der Waals surface area contributed by atoms with E-state index in [1.807, 2.05) is 6.07 Å². The van der Waals surface area contributed by atoms with Crippen molar-refractivity contribution < 1.29 is 13.2 Å². The van der Waals surface area contributed by atoms with Crippen LogP contribution in [0.3, 0.4) is 0 Å². The van der Waals surface area contributed by atoms with Gasteiger partial charge in [-0.3, -0.25) is 10.00 Å². The quantitative estimate of drug-likeness (QED) is 0.564. The highest BCUT2D eigenvalue weighted by Gasteiger charge is 2.26. The van der Waals surface area contributed by atoms with Crippen LogP contribution in [-0.2, 0) is 23.0 Å². The van der Waals surface area contributed by atoms with Gasteiger partial charge in [-0.05, 0) is 25.3 Å². The zero-order valence-corrected chi connectivity index (χ0v) is 16.9. The van der Waals surface area contributed by atoms with Crippen molar-refractivity contribution in [3.05, 3.63) is 40.9 Å². The highest BCUT2D eigenvalue weighted by atomic mass is 35.5. The van der Waals surface area contributed by atoms with Gasteiger partial charge in [0.25, 0.3) is 5.16 Å². The van der Waals surface area contributed by atoms with E-state index in [0.29, 0.717) is 11.6 Å². The van der Waals surface area contributed by atoms with Gasteiger partial charge in [0, 0.05) is 18.9 Å². The Labute approximate surface area is 175 Å². The maximum Gasteiger partial charge on any atom is 0.334 e. The number of nitrogens with zero attached hydrogens (tertiary/aromatic N) is 7. The summed E-state index contributed by atoms with van der Waals surface area (Å²) in [6.45, 7) is 0.694. The van der Waals surface area contributed by atoms with E-state index < -0.39 is 21.2 Å². The number of hydrogen-bond donors (Lipinski definition) is 2. The van der Waals surface area contributed by atoms with Gasteiger partial charge in [0.2, 0.25) is 0 Å². The number of nitriles is 1. The third-order valence-electron chi connectivity index (χ3n) is 4.34. The van der Waals surface area contributed by atoms with E-state index in [2.05, 4.69) is 25.5 Å². The third-order valence-corrected chi connectivity index (χ3v) is 5.87. The number of aromatic nitrogens is 6. The van der Waals surface area contributed by atoms with Crippen LogP contribution in [-0.4, -0.2) is 44.0 Å². The van der Waals surface area contributed by atoms with Crippen LogP contribution in [0.5, 0.6) is 0 Å². The van der Waals surface area contributed by atoms with Crippen LogP contribution in [0, 0.1) is 11.3 Å². The summed E-state index contributed by atoms with van der Waals surface area (Å²) >= 11 is 6.46. The average Bonchev–Trinajstić information content (AvgIpc) is 3.29. The van der Waals surface area contributed by atoms with Gasteiger partial charge in [-0.1, -0.05) is 11.6 Å². The number of hydrogen-bond acceptors (Lipinski definition) is 8. The van der Waals surface area contributed by atoms with Crippen LogP contribution in [0.25, 0.3) is 5.82 Å². The molecule has 3 aromatic heterocycles. The lowest BCUT2D eigenvalue weighted by atomic mass is 10.1. The molecule has 0 unspecified atom stereocenters. The van der Waals surface area contributed by atoms with E-state index in [4.69, 9.17) is 11.6 Å². The van der Waals surface area contributed by atoms with E-state index in [1.54, 1.807) is 9.40 Å². The summed E-state index contributed by atoms with van der Waals surface area (Å²) in [4.78, 5) is 19.6. The minimum absolute atomic E-state index is 0.000507. The van der Waals surface area contributed by atoms with E-state index in [-0.39, 0.29) is 17.2 Å². The molecule has 2 amide bonds. The Bertz CT molecular complexity index is 1260. The molecule has 4 heterocycles. The molecule has 0 aliphatic carbocycles. The second-order valence-electron chi connectivity index (χ2n) is 6.29. The predicted octanol–water partition coefficient (Wildman–Crippen LogP) is 1.23. The molecule has 12 nitrogen and oxygen atoms in total. The molecule has 0 radical (unpaired) electrons. The van der Waals surface area contributed by atoms with Crippen molar-refractivity contribution in [1.82, 2.24) is 34.3 Å². The molecule has 0 aromatic carbocycles. The van der Waals surface area contributed by atoms with Crippen LogP contribution in [0.15, 0.2) is 29.8 Å². The van der Waals surface area contributed by atoms with E-state index in [9.17, 15) is 18.5 Å². The normalized spacial score (nSPS) is 13.3. The molecule has 3 aromatic rings. The van der Waals surface area contributed by atoms with Crippen LogP contribution >= 0.6 is 11.6 Å². The van der Waals surface area contributed by atoms with Crippen molar-refractivity contribution in [2.45, 2.75) is 31.0 Å². The first-order valence-electron chi connectivity index (χ1n) is 8.75. The minimum Gasteiger partial charge on any atom is -0.290 e. The Balaban J connectivity index is 1.64. The molecule has 0 spiro atoms. The summed E-state index contributed by atoms with van der Waals surface area (Å²) in [7, 11) is -4.31. The third kappa shape index (κ3) is 3.58. The fraction of sp³-hybridized carbons (Fsp3) is 0.250. The van der Waals surface area contributed by atoms with Crippen LogP contribution in [0.1, 0.15) is 24.1 Å². The summed E-state index contributed by atoms with van der Waals surface area (Å²) in [5.74, 6) is 0.163. The fourth-order valence-electron chi connectivity index (χ4n) is 3.01. The molecule has 0 bridgehead atoms. The Kier molecular flexibility index (Phi) is 5.10. The van der Waals surface area contributed by atoms with Gasteiger partial charge in [0.15, 0.2) is 11.6 Å². The number of fused-ring (bicyclic) bond motifs is 1. The van der Waals surface area contributed by atoms with E-state index >= 15 is 0 Å². The minimum atomic E-state index is -4.31. The Hall–Kier alpha value is -3.50. The molecule has 0 atom stereocenters. The Morgan fingerprint density at radius 3 is 2.73 bits per heavy atom. The van der Waals surface area contributed by atoms with Crippen molar-refractivity contribution in [1.29, 1.82) is 5.26 Å². The molecular formula is C16H14ClN9O3S. The highest BCUT2D eigenvalue weighted by molar-refractivity contribution is 7.89. The summed E-state index contributed by atoms with van der Waals surface area (Å²) in [6, 6.07) is 2.20. The molecule has 14 heteroatoms. The van der Waals surface area contributed by atoms with Gasteiger partial charge in [0.05, 0.1) is 11.9 Å². The first-order valence-corrected chi connectivity index (χ1v) is 10.6. The molecule has 1 aliphatic rings. The average molecular weight is 448 g/mol. The number of halogens is 1. The van der Waals surface area contributed by atoms with Crippen LogP contribution in [0.2, 0.25) is 5.02 Å². The van der Waals surface area contributed by atoms with Crippen LogP contribution in [0.4, 0.5) is 10.6 Å². The lowest BCUT2D eigenvalue weighted by Gasteiger charge is -2.12. The number of anilines is 1. The molecule has 0 saturated carbocycles. The first kappa shape index (κ1) is 19.8. The number of urea groups is 1. The van der Waals surface area contributed by atoms with Gasteiger partial charge < -0.3 is 0 Å². The molecule has 0 saturated heterocycles. The fourth-order valence-corrected chi connectivity index (χ4v) is 4.11. The van der Waals surface area contributed by atoms with Crippen molar-refractivity contribution in [2.24, 2.45) is 0 Å². The largest absolute Gasteiger partial charge is 0.334 e. The maximum absolute atomic E-state index is 12.4. The summed E-state index contributed by atoms with van der Waals surface area (Å²) in [5, 5.41) is 20.0. The Morgan fingerprint density at radius 1 is 1.27 bits per heavy atom. The van der Waals surface area contributed by atoms with Gasteiger partial charge in [-0.2, -0.15) is 28.6 Å². The molecular weight excluding hydrogens is 434 g/mol. The van der Waals surface area contributed by atoms with Crippen molar-refractivity contribution in [3.63, 3.8) is 0 Å². The smallest absolute Gasteiger partial charge is 0.290 e. The van der Waals surface area contributed by atoms with Crippen molar-refractivity contribution in [2.75, 3.05) is 5.32 Å². The SMILES string of the molecule is N#Cc1cnn(-c2nn3c(c2Cl)CCCC3)c1NC(=O)NS(=O)(=O)c1ncccn1. The predicted molar refractivity (Wildman–Crippen MR) is 103 cm³/mol. The molecule has 2 N–H and O–H groups in total. The molecule has 30 heavy (non-hydrogen) atoms. The van der Waals surface area contributed by atoms with E-state index in [0.717, 1.165) is 25.0 Å². The van der Waals surface area contributed by atoms with Crippen molar-refractivity contribution in [3.8, 4) is 11.9 Å². The second kappa shape index (κ2) is 7.73. The molecule has 1 aliphatic heterocycles. The summed E-state index contributed by atoms with van der Waals surface area (Å²) < 4.78 is 29.2. The maximum atomic E-state index is 12.4. The van der Waals surface area contributed by atoms with Gasteiger partial charge in [-0.25, -0.2) is 19.5 Å². The van der Waals surface area contributed by atoms with Gasteiger partial charge in [-0.15, -0.1) is 0 Å². The topological polar surface area (TPSA) is 160 Å². The number of rotatable bonds is 4. The monoisotopic (exact) mass is 447 g/mol. The lowest BCUT2D eigenvalue weighted by molar-refractivity contribution is 0.256. The molecule has 4 rings (SSSR count). The zero-order chi connectivity index (χ0) is 21.3. The van der Waals surface area contributed by atoms with Crippen molar-refractivity contribution >= 4 is 33.5 Å². The van der Waals surface area contributed by atoms with Gasteiger partial charge >= 0.3 is 16.1 Å². The number of sulfonamides is 1. The summed E-state index contributed by atoms with van der Waals surface area (Å²) in [6.07, 6.45) is 6.35.